The van der Waals surface area contributed by atoms with Crippen molar-refractivity contribution < 1.29 is 0 Å². The highest BCUT2D eigenvalue weighted by Gasteiger charge is 2.17. The van der Waals surface area contributed by atoms with Gasteiger partial charge in [0.05, 0.1) is 25.2 Å². The third kappa shape index (κ3) is 1.75. The molecule has 2 atom stereocenters. The Morgan fingerprint density at radius 3 is 1.50 bits per heavy atom. The van der Waals surface area contributed by atoms with Crippen molar-refractivity contribution in [2.45, 2.75) is 24.9 Å². The van der Waals surface area contributed by atoms with E-state index < -0.39 is 0 Å². The Labute approximate surface area is 94.5 Å². The summed E-state index contributed by atoms with van der Waals surface area (Å²) in [6.07, 6.45) is 2.09. The standard InChI is InChI=1S/C12H14N4/c1-2-10(12-6-8-14-16-12)4-3-9(1)11-5-7-13-15-11/h1-4,11-12H,5-8H2. The molecule has 3 rings (SSSR count). The van der Waals surface area contributed by atoms with E-state index in [-0.39, 0.29) is 12.1 Å². The van der Waals surface area contributed by atoms with Crippen LogP contribution in [0.15, 0.2) is 44.7 Å². The summed E-state index contributed by atoms with van der Waals surface area (Å²) in [6, 6.07) is 9.16. The van der Waals surface area contributed by atoms with Gasteiger partial charge < -0.3 is 0 Å². The van der Waals surface area contributed by atoms with Crippen LogP contribution in [0.5, 0.6) is 0 Å². The van der Waals surface area contributed by atoms with Crippen LogP contribution in [0.3, 0.4) is 0 Å². The van der Waals surface area contributed by atoms with Crippen LogP contribution >= 0.6 is 0 Å². The second kappa shape index (κ2) is 4.12. The zero-order valence-corrected chi connectivity index (χ0v) is 9.08. The van der Waals surface area contributed by atoms with Crippen molar-refractivity contribution in [1.82, 2.24) is 0 Å². The SMILES string of the molecule is c1cc(C2CCN=N2)ccc1C1CCN=N1. The summed E-state index contributed by atoms with van der Waals surface area (Å²) in [4.78, 5) is 0. The summed E-state index contributed by atoms with van der Waals surface area (Å²) in [6.45, 7) is 1.73. The van der Waals surface area contributed by atoms with Crippen LogP contribution in [0.1, 0.15) is 36.1 Å². The first-order valence-electron chi connectivity index (χ1n) is 5.76. The maximum atomic E-state index is 4.22. The highest BCUT2D eigenvalue weighted by Crippen LogP contribution is 2.30. The van der Waals surface area contributed by atoms with Gasteiger partial charge in [-0.2, -0.15) is 20.5 Å². The molecule has 0 N–H and O–H groups in total. The molecule has 0 saturated carbocycles. The minimum atomic E-state index is 0.277. The molecule has 82 valence electrons. The predicted molar refractivity (Wildman–Crippen MR) is 60.6 cm³/mol. The summed E-state index contributed by atoms with van der Waals surface area (Å²) in [5, 5.41) is 16.5. The summed E-state index contributed by atoms with van der Waals surface area (Å²) < 4.78 is 0. The molecule has 1 aromatic rings. The molecule has 0 spiro atoms. The van der Waals surface area contributed by atoms with Gasteiger partial charge in [0.15, 0.2) is 0 Å². The first-order valence-corrected chi connectivity index (χ1v) is 5.76. The zero-order valence-electron chi connectivity index (χ0n) is 9.08. The zero-order chi connectivity index (χ0) is 10.8. The highest BCUT2D eigenvalue weighted by atomic mass is 15.2. The minimum Gasteiger partial charge on any atom is -0.193 e. The first-order chi connectivity index (χ1) is 7.93. The lowest BCUT2D eigenvalue weighted by molar-refractivity contribution is 0.727. The minimum absolute atomic E-state index is 0.277. The number of rotatable bonds is 2. The lowest BCUT2D eigenvalue weighted by Crippen LogP contribution is -1.95. The van der Waals surface area contributed by atoms with Gasteiger partial charge in [-0.1, -0.05) is 24.3 Å². The maximum absolute atomic E-state index is 4.22. The van der Waals surface area contributed by atoms with Crippen LogP contribution in [0.25, 0.3) is 0 Å². The van der Waals surface area contributed by atoms with E-state index >= 15 is 0 Å². The Morgan fingerprint density at radius 2 is 1.19 bits per heavy atom. The van der Waals surface area contributed by atoms with Gasteiger partial charge in [-0.05, 0) is 24.0 Å². The predicted octanol–water partition coefficient (Wildman–Crippen LogP) is 3.48. The monoisotopic (exact) mass is 214 g/mol. The quantitative estimate of drug-likeness (QED) is 0.723. The van der Waals surface area contributed by atoms with Crippen LogP contribution in [-0.2, 0) is 0 Å². The number of hydrogen-bond donors (Lipinski definition) is 0. The van der Waals surface area contributed by atoms with E-state index in [4.69, 9.17) is 0 Å². The fraction of sp³-hybridized carbons (Fsp3) is 0.500. The molecular formula is C12H14N4. The van der Waals surface area contributed by atoms with Crippen LogP contribution in [0.2, 0.25) is 0 Å². The molecular weight excluding hydrogens is 200 g/mol. The molecule has 4 heteroatoms. The molecule has 16 heavy (non-hydrogen) atoms. The fourth-order valence-electron chi connectivity index (χ4n) is 2.20. The summed E-state index contributed by atoms with van der Waals surface area (Å²) >= 11 is 0. The molecule has 2 unspecified atom stereocenters. The topological polar surface area (TPSA) is 49.4 Å². The van der Waals surface area contributed by atoms with E-state index in [0.717, 1.165) is 25.9 Å². The van der Waals surface area contributed by atoms with Crippen molar-refractivity contribution in [3.8, 4) is 0 Å². The summed E-state index contributed by atoms with van der Waals surface area (Å²) in [5.74, 6) is 0. The fourth-order valence-corrected chi connectivity index (χ4v) is 2.20. The molecule has 0 aromatic heterocycles. The van der Waals surface area contributed by atoms with E-state index in [1.54, 1.807) is 0 Å². The van der Waals surface area contributed by atoms with Crippen molar-refractivity contribution in [2.75, 3.05) is 13.1 Å². The first kappa shape index (κ1) is 9.63. The molecule has 1 aromatic carbocycles. The normalized spacial score (nSPS) is 27.8. The Balaban J connectivity index is 1.79. The van der Waals surface area contributed by atoms with Gasteiger partial charge in [0.1, 0.15) is 0 Å². The lowest BCUT2D eigenvalue weighted by Gasteiger charge is -2.09. The van der Waals surface area contributed by atoms with E-state index in [0.29, 0.717) is 0 Å². The van der Waals surface area contributed by atoms with Crippen molar-refractivity contribution in [3.63, 3.8) is 0 Å². The van der Waals surface area contributed by atoms with Crippen LogP contribution in [0, 0.1) is 0 Å². The van der Waals surface area contributed by atoms with E-state index in [1.807, 2.05) is 0 Å². The molecule has 2 aliphatic rings. The Morgan fingerprint density at radius 1 is 0.750 bits per heavy atom. The van der Waals surface area contributed by atoms with E-state index in [2.05, 4.69) is 44.7 Å². The van der Waals surface area contributed by atoms with Gasteiger partial charge >= 0.3 is 0 Å². The van der Waals surface area contributed by atoms with E-state index in [1.165, 1.54) is 11.1 Å². The second-order valence-electron chi connectivity index (χ2n) is 4.24. The Hall–Kier alpha value is -1.58. The molecule has 2 heterocycles. The number of azo groups is 2. The molecule has 0 bridgehead atoms. The van der Waals surface area contributed by atoms with Crippen molar-refractivity contribution in [2.24, 2.45) is 20.5 Å². The molecule has 0 fully saturated rings. The largest absolute Gasteiger partial charge is 0.193 e. The van der Waals surface area contributed by atoms with Gasteiger partial charge in [0.25, 0.3) is 0 Å². The molecule has 0 amide bonds. The van der Waals surface area contributed by atoms with E-state index in [9.17, 15) is 0 Å². The van der Waals surface area contributed by atoms with Crippen molar-refractivity contribution in [3.05, 3.63) is 35.4 Å². The smallest absolute Gasteiger partial charge is 0.0975 e. The van der Waals surface area contributed by atoms with Gasteiger partial charge in [-0.15, -0.1) is 0 Å². The Bertz CT molecular complexity index is 380. The molecule has 0 radical (unpaired) electrons. The molecule has 0 saturated heterocycles. The van der Waals surface area contributed by atoms with Gasteiger partial charge in [-0.25, -0.2) is 0 Å². The number of nitrogens with zero attached hydrogens (tertiary/aromatic N) is 4. The second-order valence-corrected chi connectivity index (χ2v) is 4.24. The average molecular weight is 214 g/mol. The van der Waals surface area contributed by atoms with Crippen LogP contribution in [-0.4, -0.2) is 13.1 Å². The third-order valence-electron chi connectivity index (χ3n) is 3.15. The average Bonchev–Trinajstić information content (AvgIpc) is 3.03. The summed E-state index contributed by atoms with van der Waals surface area (Å²) in [5.41, 5.74) is 2.53. The molecule has 0 aliphatic carbocycles. The van der Waals surface area contributed by atoms with Crippen molar-refractivity contribution >= 4 is 0 Å². The van der Waals surface area contributed by atoms with Gasteiger partial charge in [0, 0.05) is 0 Å². The summed E-state index contributed by atoms with van der Waals surface area (Å²) in [7, 11) is 0. The number of hydrogen-bond acceptors (Lipinski definition) is 4. The molecule has 4 nitrogen and oxygen atoms in total. The van der Waals surface area contributed by atoms with Gasteiger partial charge in [-0.3, -0.25) is 0 Å². The maximum Gasteiger partial charge on any atom is 0.0975 e. The lowest BCUT2D eigenvalue weighted by atomic mass is 10.00. The highest BCUT2D eigenvalue weighted by molar-refractivity contribution is 5.27. The third-order valence-corrected chi connectivity index (χ3v) is 3.15. The Kier molecular flexibility index (Phi) is 2.48. The van der Waals surface area contributed by atoms with Crippen molar-refractivity contribution in [1.29, 1.82) is 0 Å². The van der Waals surface area contributed by atoms with Crippen LogP contribution in [0.4, 0.5) is 0 Å². The van der Waals surface area contributed by atoms with Crippen LogP contribution < -0.4 is 0 Å². The molecule has 2 aliphatic heterocycles. The number of benzene rings is 1. The van der Waals surface area contributed by atoms with Gasteiger partial charge in [0.2, 0.25) is 0 Å².